The summed E-state index contributed by atoms with van der Waals surface area (Å²) < 4.78 is 0. The molecule has 3 heteroatoms. The van der Waals surface area contributed by atoms with E-state index in [1.807, 2.05) is 11.3 Å². The molecule has 1 fully saturated rings. The minimum absolute atomic E-state index is 0.764. The van der Waals surface area contributed by atoms with Gasteiger partial charge >= 0.3 is 0 Å². The number of aromatic amines is 1. The quantitative estimate of drug-likeness (QED) is 0.873. The molecular formula is C16H20N2S. The molecule has 0 saturated heterocycles. The van der Waals surface area contributed by atoms with Crippen LogP contribution >= 0.6 is 11.3 Å². The van der Waals surface area contributed by atoms with E-state index >= 15 is 0 Å². The molecule has 2 nitrogen and oxygen atoms in total. The number of H-pyrrole nitrogens is 1. The fourth-order valence-electron chi connectivity index (χ4n) is 3.22. The maximum Gasteiger partial charge on any atom is 0.0934 e. The lowest BCUT2D eigenvalue weighted by atomic mass is 9.85. The van der Waals surface area contributed by atoms with E-state index < -0.39 is 0 Å². The van der Waals surface area contributed by atoms with Gasteiger partial charge in [0.25, 0.3) is 0 Å². The van der Waals surface area contributed by atoms with Crippen LogP contribution in [0, 0.1) is 5.92 Å². The highest BCUT2D eigenvalue weighted by Gasteiger charge is 2.27. The van der Waals surface area contributed by atoms with Gasteiger partial charge in [-0.1, -0.05) is 13.3 Å². The van der Waals surface area contributed by atoms with E-state index in [2.05, 4.69) is 28.6 Å². The fourth-order valence-corrected chi connectivity index (χ4v) is 4.43. The van der Waals surface area contributed by atoms with E-state index in [4.69, 9.17) is 0 Å². The lowest BCUT2D eigenvalue weighted by Gasteiger charge is -2.21. The molecule has 1 saturated carbocycles. The number of nitrogens with zero attached hydrogens (tertiary/aromatic N) is 1. The van der Waals surface area contributed by atoms with Crippen molar-refractivity contribution in [2.75, 3.05) is 0 Å². The van der Waals surface area contributed by atoms with Crippen molar-refractivity contribution in [3.05, 3.63) is 27.6 Å². The molecule has 2 aromatic rings. The lowest BCUT2D eigenvalue weighted by Crippen LogP contribution is -2.11. The SMILES string of the molecule is CCC1CCc2c(-c3cc(C4CC4)[nH]n3)csc2C1. The summed E-state index contributed by atoms with van der Waals surface area (Å²) in [6.45, 7) is 2.32. The van der Waals surface area contributed by atoms with Crippen molar-refractivity contribution in [1.29, 1.82) is 0 Å². The highest BCUT2D eigenvalue weighted by Crippen LogP contribution is 2.42. The molecule has 1 N–H and O–H groups in total. The zero-order valence-electron chi connectivity index (χ0n) is 11.4. The predicted molar refractivity (Wildman–Crippen MR) is 79.7 cm³/mol. The maximum absolute atomic E-state index is 4.55. The predicted octanol–water partition coefficient (Wildman–Crippen LogP) is 4.53. The van der Waals surface area contributed by atoms with E-state index in [0.29, 0.717) is 0 Å². The van der Waals surface area contributed by atoms with Gasteiger partial charge in [0.2, 0.25) is 0 Å². The van der Waals surface area contributed by atoms with Crippen molar-refractivity contribution in [1.82, 2.24) is 10.2 Å². The molecular weight excluding hydrogens is 252 g/mol. The molecule has 2 aromatic heterocycles. The average molecular weight is 272 g/mol. The highest BCUT2D eigenvalue weighted by atomic mass is 32.1. The zero-order chi connectivity index (χ0) is 12.8. The molecule has 0 spiro atoms. The van der Waals surface area contributed by atoms with E-state index in [0.717, 1.165) is 11.8 Å². The second kappa shape index (κ2) is 4.48. The highest BCUT2D eigenvalue weighted by molar-refractivity contribution is 7.10. The van der Waals surface area contributed by atoms with Gasteiger partial charge in [0.15, 0.2) is 0 Å². The van der Waals surface area contributed by atoms with Crippen molar-refractivity contribution in [3.8, 4) is 11.3 Å². The van der Waals surface area contributed by atoms with Gasteiger partial charge < -0.3 is 0 Å². The zero-order valence-corrected chi connectivity index (χ0v) is 12.2. The first-order chi connectivity index (χ1) is 9.35. The van der Waals surface area contributed by atoms with Crippen molar-refractivity contribution >= 4 is 11.3 Å². The molecule has 4 rings (SSSR count). The molecule has 100 valence electrons. The largest absolute Gasteiger partial charge is 0.282 e. The minimum Gasteiger partial charge on any atom is -0.282 e. The summed E-state index contributed by atoms with van der Waals surface area (Å²) in [6, 6.07) is 2.28. The molecule has 0 bridgehead atoms. The lowest BCUT2D eigenvalue weighted by molar-refractivity contribution is 0.450. The van der Waals surface area contributed by atoms with Crippen molar-refractivity contribution in [2.24, 2.45) is 5.92 Å². The maximum atomic E-state index is 4.55. The van der Waals surface area contributed by atoms with Crippen LogP contribution in [0.5, 0.6) is 0 Å². The van der Waals surface area contributed by atoms with Crippen molar-refractivity contribution in [2.45, 2.75) is 51.4 Å². The third-order valence-corrected chi connectivity index (χ3v) is 5.78. The van der Waals surface area contributed by atoms with Crippen LogP contribution in [0.4, 0.5) is 0 Å². The monoisotopic (exact) mass is 272 g/mol. The van der Waals surface area contributed by atoms with Crippen LogP contribution in [0.2, 0.25) is 0 Å². The smallest absolute Gasteiger partial charge is 0.0934 e. The molecule has 1 atom stereocenters. The normalized spacial score (nSPS) is 22.5. The Labute approximate surface area is 118 Å². The summed E-state index contributed by atoms with van der Waals surface area (Å²) in [5, 5.41) is 10.1. The summed E-state index contributed by atoms with van der Waals surface area (Å²) in [5.41, 5.74) is 5.51. The number of rotatable bonds is 3. The minimum atomic E-state index is 0.764. The van der Waals surface area contributed by atoms with Crippen LogP contribution in [-0.4, -0.2) is 10.2 Å². The van der Waals surface area contributed by atoms with Crippen molar-refractivity contribution in [3.63, 3.8) is 0 Å². The number of nitrogens with one attached hydrogen (secondary N) is 1. The van der Waals surface area contributed by atoms with E-state index in [1.165, 1.54) is 55.5 Å². The Morgan fingerprint density at radius 3 is 3.05 bits per heavy atom. The fraction of sp³-hybridized carbons (Fsp3) is 0.562. The molecule has 2 heterocycles. The first-order valence-corrected chi connectivity index (χ1v) is 8.38. The Hall–Kier alpha value is -1.09. The number of hydrogen-bond donors (Lipinski definition) is 1. The number of thiophene rings is 1. The van der Waals surface area contributed by atoms with E-state index in [9.17, 15) is 0 Å². The Bertz CT molecular complexity index is 592. The number of aromatic nitrogens is 2. The van der Waals surface area contributed by atoms with Crippen LogP contribution < -0.4 is 0 Å². The number of hydrogen-bond acceptors (Lipinski definition) is 2. The van der Waals surface area contributed by atoms with Crippen LogP contribution in [0.25, 0.3) is 11.3 Å². The van der Waals surface area contributed by atoms with E-state index in [1.54, 1.807) is 10.4 Å². The summed E-state index contributed by atoms with van der Waals surface area (Å²) in [5.74, 6) is 1.67. The third-order valence-electron chi connectivity index (χ3n) is 4.73. The average Bonchev–Trinajstić information content (AvgIpc) is 3.03. The van der Waals surface area contributed by atoms with Gasteiger partial charge in [-0.2, -0.15) is 5.10 Å². The van der Waals surface area contributed by atoms with Crippen molar-refractivity contribution < 1.29 is 0 Å². The molecule has 1 unspecified atom stereocenters. The summed E-state index contributed by atoms with van der Waals surface area (Å²) in [7, 11) is 0. The second-order valence-electron chi connectivity index (χ2n) is 6.05. The Morgan fingerprint density at radius 1 is 1.37 bits per heavy atom. The number of fused-ring (bicyclic) bond motifs is 1. The molecule has 2 aliphatic rings. The van der Waals surface area contributed by atoms with E-state index in [-0.39, 0.29) is 0 Å². The van der Waals surface area contributed by atoms with Crippen LogP contribution in [0.15, 0.2) is 11.4 Å². The molecule has 2 aliphatic carbocycles. The Balaban J connectivity index is 1.66. The van der Waals surface area contributed by atoms with Crippen LogP contribution in [-0.2, 0) is 12.8 Å². The first kappa shape index (κ1) is 11.7. The van der Waals surface area contributed by atoms with Gasteiger partial charge in [-0.15, -0.1) is 11.3 Å². The second-order valence-corrected chi connectivity index (χ2v) is 7.02. The summed E-state index contributed by atoms with van der Waals surface area (Å²) in [4.78, 5) is 1.61. The Morgan fingerprint density at radius 2 is 2.26 bits per heavy atom. The van der Waals surface area contributed by atoms with Crippen LogP contribution in [0.1, 0.15) is 54.7 Å². The standard InChI is InChI=1S/C16H20N2S/c1-2-10-3-6-12-13(9-19-16(12)7-10)15-8-14(17-18-15)11-4-5-11/h8-11H,2-7H2,1H3,(H,17,18). The van der Waals surface area contributed by atoms with Gasteiger partial charge in [-0.05, 0) is 49.7 Å². The molecule has 0 aliphatic heterocycles. The molecule has 19 heavy (non-hydrogen) atoms. The van der Waals surface area contributed by atoms with Gasteiger partial charge in [-0.3, -0.25) is 5.10 Å². The van der Waals surface area contributed by atoms with Crippen LogP contribution in [0.3, 0.4) is 0 Å². The molecule has 0 radical (unpaired) electrons. The topological polar surface area (TPSA) is 28.7 Å². The molecule has 0 amide bonds. The summed E-state index contributed by atoms with van der Waals surface area (Å²) in [6.07, 6.45) is 7.88. The Kier molecular flexibility index (Phi) is 2.76. The summed E-state index contributed by atoms with van der Waals surface area (Å²) >= 11 is 1.95. The third kappa shape index (κ3) is 2.04. The van der Waals surface area contributed by atoms with Gasteiger partial charge in [-0.25, -0.2) is 0 Å². The van der Waals surface area contributed by atoms with Gasteiger partial charge in [0.05, 0.1) is 5.69 Å². The first-order valence-electron chi connectivity index (χ1n) is 7.50. The molecule has 0 aromatic carbocycles. The van der Waals surface area contributed by atoms with Gasteiger partial charge in [0.1, 0.15) is 0 Å². The van der Waals surface area contributed by atoms with Gasteiger partial charge in [0, 0.05) is 27.4 Å².